The smallest absolute Gasteiger partial charge is 0.233 e. The lowest BCUT2D eigenvalue weighted by molar-refractivity contribution is 0.182. The van der Waals surface area contributed by atoms with Crippen molar-refractivity contribution in [3.63, 3.8) is 0 Å². The van der Waals surface area contributed by atoms with Crippen LogP contribution in [0.15, 0.2) is 58.7 Å². The van der Waals surface area contributed by atoms with E-state index in [1.54, 1.807) is 25.1 Å². The van der Waals surface area contributed by atoms with Crippen molar-refractivity contribution in [2.75, 3.05) is 26.1 Å². The summed E-state index contributed by atoms with van der Waals surface area (Å²) in [5.74, 6) is 1.60. The molecule has 4 rings (SSSR count). The van der Waals surface area contributed by atoms with Crippen molar-refractivity contribution in [1.29, 1.82) is 0 Å². The van der Waals surface area contributed by atoms with E-state index in [1.165, 1.54) is 18.3 Å². The van der Waals surface area contributed by atoms with Gasteiger partial charge in [-0.1, -0.05) is 0 Å². The molecule has 2 atom stereocenters. The Kier molecular flexibility index (Phi) is 7.37. The zero-order chi connectivity index (χ0) is 25.0. The lowest BCUT2D eigenvalue weighted by Crippen LogP contribution is -2.13. The minimum Gasteiger partial charge on any atom is -0.488 e. The molecule has 0 spiro atoms. The maximum absolute atomic E-state index is 13.1. The second-order valence-electron chi connectivity index (χ2n) is 8.18. The second-order valence-corrected chi connectivity index (χ2v) is 10.1. The molecule has 0 aliphatic carbocycles. The standard InChI is InChI=1S/C24H26FN3O6S/c1-15(12-25)33-19-9-16(21-4-5-22(28-21)24-27-17(7-8-29)14-32-24)10-20(11-19)34-18-3-6-23(26-13-18)35(2,30)31/h3-6,9-11,13,15,17,28-29H,7-8,12,14H2,1-2H3/t15-,17+/m0/s1. The van der Waals surface area contributed by atoms with E-state index in [0.717, 1.165) is 11.9 Å². The molecule has 0 saturated carbocycles. The zero-order valence-corrected chi connectivity index (χ0v) is 20.1. The largest absolute Gasteiger partial charge is 0.488 e. The number of aromatic amines is 1. The van der Waals surface area contributed by atoms with Gasteiger partial charge in [0.05, 0.1) is 12.2 Å². The van der Waals surface area contributed by atoms with Crippen LogP contribution in [0.1, 0.15) is 19.0 Å². The van der Waals surface area contributed by atoms with E-state index >= 15 is 0 Å². The average molecular weight is 504 g/mol. The highest BCUT2D eigenvalue weighted by atomic mass is 32.2. The molecule has 2 aromatic heterocycles. The number of sulfone groups is 1. The molecule has 35 heavy (non-hydrogen) atoms. The number of nitrogens with zero attached hydrogens (tertiary/aromatic N) is 2. The number of aliphatic hydroxyl groups is 1. The highest BCUT2D eigenvalue weighted by molar-refractivity contribution is 7.90. The SMILES string of the molecule is C[C@@H](CF)Oc1cc(Oc2ccc(S(C)(=O)=O)nc2)cc(-c2ccc(C3=N[C@H](CCO)CO3)[nH]2)c1. The molecule has 0 saturated heterocycles. The summed E-state index contributed by atoms with van der Waals surface area (Å²) in [6, 6.07) is 11.6. The quantitative estimate of drug-likeness (QED) is 0.434. The number of hydrogen-bond donors (Lipinski definition) is 2. The fraction of sp³-hybridized carbons (Fsp3) is 0.333. The number of rotatable bonds is 10. The lowest BCUT2D eigenvalue weighted by atomic mass is 10.1. The molecule has 2 N–H and O–H groups in total. The molecule has 1 aromatic carbocycles. The summed E-state index contributed by atoms with van der Waals surface area (Å²) in [6.07, 6.45) is 2.27. The van der Waals surface area contributed by atoms with Gasteiger partial charge in [-0.15, -0.1) is 0 Å². The number of aromatic nitrogens is 2. The summed E-state index contributed by atoms with van der Waals surface area (Å²) >= 11 is 0. The molecular weight excluding hydrogens is 477 g/mol. The van der Waals surface area contributed by atoms with Gasteiger partial charge in [0, 0.05) is 30.2 Å². The number of H-pyrrole nitrogens is 1. The van der Waals surface area contributed by atoms with Crippen LogP contribution < -0.4 is 9.47 Å². The topological polar surface area (TPSA) is 123 Å². The van der Waals surface area contributed by atoms with Gasteiger partial charge in [-0.3, -0.25) is 0 Å². The van der Waals surface area contributed by atoms with E-state index in [2.05, 4.69) is 15.0 Å². The minimum atomic E-state index is -3.43. The Bertz CT molecular complexity index is 1310. The summed E-state index contributed by atoms with van der Waals surface area (Å²) in [5.41, 5.74) is 2.12. The van der Waals surface area contributed by atoms with Crippen LogP contribution >= 0.6 is 0 Å². The fourth-order valence-electron chi connectivity index (χ4n) is 3.45. The van der Waals surface area contributed by atoms with Crippen molar-refractivity contribution in [3.05, 3.63) is 54.4 Å². The van der Waals surface area contributed by atoms with Crippen molar-refractivity contribution in [3.8, 4) is 28.5 Å². The van der Waals surface area contributed by atoms with Crippen molar-refractivity contribution in [2.24, 2.45) is 4.99 Å². The van der Waals surface area contributed by atoms with Crippen molar-refractivity contribution in [2.45, 2.75) is 30.5 Å². The third-order valence-corrected chi connectivity index (χ3v) is 6.16. The molecule has 186 valence electrons. The Labute approximate surface area is 202 Å². The number of benzene rings is 1. The van der Waals surface area contributed by atoms with Crippen LogP contribution in [0.2, 0.25) is 0 Å². The highest BCUT2D eigenvalue weighted by Crippen LogP contribution is 2.33. The molecule has 1 aliphatic rings. The van der Waals surface area contributed by atoms with Gasteiger partial charge in [0.15, 0.2) is 14.9 Å². The van der Waals surface area contributed by atoms with Crippen molar-refractivity contribution >= 4 is 15.7 Å². The first-order valence-electron chi connectivity index (χ1n) is 11.0. The third kappa shape index (κ3) is 6.17. The number of alkyl halides is 1. The maximum atomic E-state index is 13.1. The lowest BCUT2D eigenvalue weighted by Gasteiger charge is -2.14. The van der Waals surface area contributed by atoms with E-state index in [0.29, 0.717) is 47.4 Å². The number of nitrogens with one attached hydrogen (secondary N) is 1. The number of halogens is 1. The molecule has 3 heterocycles. The molecule has 0 unspecified atom stereocenters. The zero-order valence-electron chi connectivity index (χ0n) is 19.3. The average Bonchev–Trinajstić information content (AvgIpc) is 3.49. The first-order valence-corrected chi connectivity index (χ1v) is 12.9. The minimum absolute atomic E-state index is 0.0418. The van der Waals surface area contributed by atoms with Crippen molar-refractivity contribution < 1.29 is 32.1 Å². The third-order valence-electron chi connectivity index (χ3n) is 5.16. The summed E-state index contributed by atoms with van der Waals surface area (Å²) < 4.78 is 53.6. The molecule has 0 amide bonds. The summed E-state index contributed by atoms with van der Waals surface area (Å²) in [6.45, 7) is 1.42. The summed E-state index contributed by atoms with van der Waals surface area (Å²) in [7, 11) is -3.43. The first kappa shape index (κ1) is 24.7. The van der Waals surface area contributed by atoms with Gasteiger partial charge in [-0.2, -0.15) is 0 Å². The Morgan fingerprint density at radius 2 is 1.94 bits per heavy atom. The number of aliphatic hydroxyl groups excluding tert-OH is 1. The Morgan fingerprint density at radius 3 is 2.63 bits per heavy atom. The van der Waals surface area contributed by atoms with Crippen LogP contribution in [-0.4, -0.2) is 67.7 Å². The Balaban J connectivity index is 1.62. The Morgan fingerprint density at radius 1 is 1.17 bits per heavy atom. The van der Waals surface area contributed by atoms with E-state index in [4.69, 9.17) is 19.3 Å². The highest BCUT2D eigenvalue weighted by Gasteiger charge is 2.21. The molecule has 1 aliphatic heterocycles. The number of pyridine rings is 1. The van der Waals surface area contributed by atoms with Gasteiger partial charge in [-0.25, -0.2) is 22.8 Å². The van der Waals surface area contributed by atoms with Crippen LogP contribution in [-0.2, 0) is 14.6 Å². The maximum Gasteiger partial charge on any atom is 0.233 e. The predicted octanol–water partition coefficient (Wildman–Crippen LogP) is 3.54. The van der Waals surface area contributed by atoms with Gasteiger partial charge < -0.3 is 24.3 Å². The monoisotopic (exact) mass is 503 g/mol. The van der Waals surface area contributed by atoms with E-state index in [-0.39, 0.29) is 17.7 Å². The van der Waals surface area contributed by atoms with E-state index in [9.17, 15) is 12.8 Å². The van der Waals surface area contributed by atoms with E-state index < -0.39 is 22.6 Å². The van der Waals surface area contributed by atoms with Gasteiger partial charge in [0.1, 0.15) is 42.3 Å². The van der Waals surface area contributed by atoms with Crippen LogP contribution in [0.3, 0.4) is 0 Å². The molecule has 0 fully saturated rings. The predicted molar refractivity (Wildman–Crippen MR) is 128 cm³/mol. The molecule has 11 heteroatoms. The van der Waals surface area contributed by atoms with Crippen LogP contribution in [0.25, 0.3) is 11.3 Å². The van der Waals surface area contributed by atoms with E-state index in [1.807, 2.05) is 12.1 Å². The van der Waals surface area contributed by atoms with Gasteiger partial charge in [-0.05, 0) is 49.7 Å². The first-order chi connectivity index (χ1) is 16.7. The van der Waals surface area contributed by atoms with Crippen LogP contribution in [0, 0.1) is 0 Å². The molecule has 3 aromatic rings. The summed E-state index contributed by atoms with van der Waals surface area (Å²) in [5, 5.41) is 9.05. The second kappa shape index (κ2) is 10.4. The number of aliphatic imine (C=N–C) groups is 1. The normalized spacial score (nSPS) is 16.5. The van der Waals surface area contributed by atoms with Gasteiger partial charge in [0.25, 0.3) is 0 Å². The molecule has 0 bridgehead atoms. The molecule has 9 nitrogen and oxygen atoms in total. The van der Waals surface area contributed by atoms with Gasteiger partial charge >= 0.3 is 0 Å². The van der Waals surface area contributed by atoms with Crippen LogP contribution in [0.4, 0.5) is 4.39 Å². The molecule has 0 radical (unpaired) electrons. The Hall–Kier alpha value is -3.44. The fourth-order valence-corrected chi connectivity index (χ4v) is 4.01. The summed E-state index contributed by atoms with van der Waals surface area (Å²) in [4.78, 5) is 11.7. The number of hydrogen-bond acceptors (Lipinski definition) is 8. The van der Waals surface area contributed by atoms with Crippen molar-refractivity contribution in [1.82, 2.24) is 9.97 Å². The number of ether oxygens (including phenoxy) is 3. The van der Waals surface area contributed by atoms with Gasteiger partial charge in [0.2, 0.25) is 5.90 Å². The molecular formula is C24H26FN3O6S. The van der Waals surface area contributed by atoms with Crippen LogP contribution in [0.5, 0.6) is 17.2 Å².